The summed E-state index contributed by atoms with van der Waals surface area (Å²) in [5.74, 6) is 2.28. The molecule has 0 saturated carbocycles. The normalized spacial score (nSPS) is 17.6. The van der Waals surface area contributed by atoms with Crippen molar-refractivity contribution in [2.45, 2.75) is 51.6 Å². The van der Waals surface area contributed by atoms with E-state index in [4.69, 9.17) is 23.9 Å². The van der Waals surface area contributed by atoms with Gasteiger partial charge in [0.05, 0.1) is 6.54 Å². The standard InChI is InChI=1S/C23H36N4O5/c1-5-24-20(25-10-11-26-21(28)32-22(2,3)4)27-15-23(8-12-29-13-9-23)17-6-7-18-19(14-17)31-16-30-18/h6-7,14H,5,8-13,15-16H2,1-4H3,(H,26,28)(H2,24,25,27). The van der Waals surface area contributed by atoms with E-state index in [0.29, 0.717) is 38.8 Å². The van der Waals surface area contributed by atoms with E-state index in [1.807, 2.05) is 33.8 Å². The topological polar surface area (TPSA) is 102 Å². The lowest BCUT2D eigenvalue weighted by Gasteiger charge is -2.36. The van der Waals surface area contributed by atoms with Crippen molar-refractivity contribution in [1.29, 1.82) is 0 Å². The van der Waals surface area contributed by atoms with Crippen molar-refractivity contribution >= 4 is 12.1 Å². The van der Waals surface area contributed by atoms with Crippen LogP contribution in [-0.4, -0.2) is 63.8 Å². The van der Waals surface area contributed by atoms with Crippen molar-refractivity contribution in [3.63, 3.8) is 0 Å². The number of rotatable bonds is 7. The van der Waals surface area contributed by atoms with E-state index in [9.17, 15) is 4.79 Å². The first-order valence-electron chi connectivity index (χ1n) is 11.3. The molecule has 1 amide bonds. The number of benzene rings is 1. The first-order chi connectivity index (χ1) is 15.3. The summed E-state index contributed by atoms with van der Waals surface area (Å²) in [6, 6.07) is 6.16. The Morgan fingerprint density at radius 2 is 1.81 bits per heavy atom. The summed E-state index contributed by atoms with van der Waals surface area (Å²) in [6.07, 6.45) is 1.34. The number of carbonyl (C=O) groups excluding carboxylic acids is 1. The molecule has 0 aromatic heterocycles. The van der Waals surface area contributed by atoms with Gasteiger partial charge in [-0.1, -0.05) is 6.07 Å². The predicted octanol–water partition coefficient (Wildman–Crippen LogP) is 2.54. The second-order valence-corrected chi connectivity index (χ2v) is 9.01. The van der Waals surface area contributed by atoms with Crippen molar-refractivity contribution in [3.8, 4) is 11.5 Å². The molecule has 0 spiro atoms. The molecule has 0 radical (unpaired) electrons. The summed E-state index contributed by atoms with van der Waals surface area (Å²) in [5, 5.41) is 9.31. The van der Waals surface area contributed by atoms with Crippen molar-refractivity contribution in [2.24, 2.45) is 4.99 Å². The lowest BCUT2D eigenvalue weighted by Crippen LogP contribution is -2.44. The van der Waals surface area contributed by atoms with E-state index < -0.39 is 11.7 Å². The van der Waals surface area contributed by atoms with Gasteiger partial charge in [-0.05, 0) is 58.2 Å². The number of amides is 1. The smallest absolute Gasteiger partial charge is 0.407 e. The van der Waals surface area contributed by atoms with E-state index in [2.05, 4.69) is 28.1 Å². The predicted molar refractivity (Wildman–Crippen MR) is 123 cm³/mol. The third kappa shape index (κ3) is 6.66. The van der Waals surface area contributed by atoms with Gasteiger partial charge >= 0.3 is 6.09 Å². The summed E-state index contributed by atoms with van der Waals surface area (Å²) >= 11 is 0. The number of nitrogens with zero attached hydrogens (tertiary/aromatic N) is 1. The Labute approximate surface area is 190 Å². The fourth-order valence-corrected chi connectivity index (χ4v) is 3.76. The maximum absolute atomic E-state index is 11.8. The number of guanidine groups is 1. The number of nitrogens with one attached hydrogen (secondary N) is 3. The molecule has 2 aliphatic heterocycles. The van der Waals surface area contributed by atoms with Crippen LogP contribution in [0.2, 0.25) is 0 Å². The highest BCUT2D eigenvalue weighted by molar-refractivity contribution is 5.80. The molecule has 32 heavy (non-hydrogen) atoms. The maximum atomic E-state index is 11.8. The zero-order valence-corrected chi connectivity index (χ0v) is 19.6. The molecule has 2 heterocycles. The summed E-state index contributed by atoms with van der Waals surface area (Å²) in [5.41, 5.74) is 0.549. The van der Waals surface area contributed by atoms with Gasteiger partial charge in [0.15, 0.2) is 17.5 Å². The third-order valence-electron chi connectivity index (χ3n) is 5.40. The molecule has 1 aromatic rings. The SMILES string of the molecule is CCNC(=NCC1(c2ccc3c(c2)OCO3)CCOCC1)NCCNC(=O)OC(C)(C)C. The number of hydrogen-bond acceptors (Lipinski definition) is 6. The highest BCUT2D eigenvalue weighted by atomic mass is 16.7. The van der Waals surface area contributed by atoms with Crippen LogP contribution < -0.4 is 25.4 Å². The molecule has 0 atom stereocenters. The Morgan fingerprint density at radius 3 is 2.53 bits per heavy atom. The molecule has 9 heteroatoms. The van der Waals surface area contributed by atoms with Crippen LogP contribution in [0.5, 0.6) is 11.5 Å². The number of aliphatic imine (C=N–C) groups is 1. The van der Waals surface area contributed by atoms with Gasteiger partial charge in [0.25, 0.3) is 0 Å². The number of ether oxygens (including phenoxy) is 4. The number of fused-ring (bicyclic) bond motifs is 1. The van der Waals surface area contributed by atoms with Crippen molar-refractivity contribution in [2.75, 3.05) is 46.2 Å². The highest BCUT2D eigenvalue weighted by Gasteiger charge is 2.35. The minimum absolute atomic E-state index is 0.129. The Hall–Kier alpha value is -2.68. The third-order valence-corrected chi connectivity index (χ3v) is 5.40. The van der Waals surface area contributed by atoms with Crippen molar-refractivity contribution < 1.29 is 23.7 Å². The van der Waals surface area contributed by atoms with E-state index in [0.717, 1.165) is 30.9 Å². The molecule has 1 fully saturated rings. The first-order valence-corrected chi connectivity index (χ1v) is 11.3. The molecule has 3 N–H and O–H groups in total. The minimum atomic E-state index is -0.513. The van der Waals surface area contributed by atoms with Gasteiger partial charge in [0.1, 0.15) is 5.60 Å². The van der Waals surface area contributed by atoms with Crippen LogP contribution in [0.4, 0.5) is 4.79 Å². The van der Waals surface area contributed by atoms with Crippen LogP contribution in [0.1, 0.15) is 46.1 Å². The van der Waals surface area contributed by atoms with E-state index in [1.165, 1.54) is 5.56 Å². The van der Waals surface area contributed by atoms with E-state index >= 15 is 0 Å². The van der Waals surface area contributed by atoms with E-state index in [1.54, 1.807) is 0 Å². The second-order valence-electron chi connectivity index (χ2n) is 9.01. The highest BCUT2D eigenvalue weighted by Crippen LogP contribution is 2.41. The Balaban J connectivity index is 1.62. The molecule has 2 aliphatic rings. The average molecular weight is 449 g/mol. The molecule has 3 rings (SSSR count). The van der Waals surface area contributed by atoms with Crippen LogP contribution in [0, 0.1) is 0 Å². The van der Waals surface area contributed by atoms with Crippen LogP contribution in [-0.2, 0) is 14.9 Å². The average Bonchev–Trinajstić information content (AvgIpc) is 3.22. The zero-order valence-electron chi connectivity index (χ0n) is 19.6. The Kier molecular flexibility index (Phi) is 8.06. The van der Waals surface area contributed by atoms with E-state index in [-0.39, 0.29) is 12.2 Å². The molecule has 0 unspecified atom stereocenters. The van der Waals surface area contributed by atoms with Crippen molar-refractivity contribution in [1.82, 2.24) is 16.0 Å². The summed E-state index contributed by atoms with van der Waals surface area (Å²) < 4.78 is 22.0. The van der Waals surface area contributed by atoms with Gasteiger partial charge in [-0.2, -0.15) is 0 Å². The number of alkyl carbamates (subject to hydrolysis) is 1. The lowest BCUT2D eigenvalue weighted by molar-refractivity contribution is 0.0527. The Bertz CT molecular complexity index is 800. The van der Waals surface area contributed by atoms with Gasteiger partial charge in [0.2, 0.25) is 6.79 Å². The van der Waals surface area contributed by atoms with Gasteiger partial charge in [-0.25, -0.2) is 4.79 Å². The molecular formula is C23H36N4O5. The van der Waals surface area contributed by atoms with Crippen LogP contribution >= 0.6 is 0 Å². The summed E-state index contributed by atoms with van der Waals surface area (Å²) in [7, 11) is 0. The fourth-order valence-electron chi connectivity index (χ4n) is 3.76. The molecular weight excluding hydrogens is 412 g/mol. The lowest BCUT2D eigenvalue weighted by atomic mass is 9.74. The van der Waals surface area contributed by atoms with Gasteiger partial charge < -0.3 is 34.9 Å². The minimum Gasteiger partial charge on any atom is -0.454 e. The van der Waals surface area contributed by atoms with Crippen molar-refractivity contribution in [3.05, 3.63) is 23.8 Å². The first kappa shape index (κ1) is 24.0. The number of hydrogen-bond donors (Lipinski definition) is 3. The summed E-state index contributed by atoms with van der Waals surface area (Å²) in [6.45, 7) is 11.5. The van der Waals surface area contributed by atoms with Gasteiger partial charge in [-0.3, -0.25) is 4.99 Å². The summed E-state index contributed by atoms with van der Waals surface area (Å²) in [4.78, 5) is 16.7. The second kappa shape index (κ2) is 10.8. The van der Waals surface area contributed by atoms with Crippen LogP contribution in [0.25, 0.3) is 0 Å². The monoisotopic (exact) mass is 448 g/mol. The molecule has 1 saturated heterocycles. The fraction of sp³-hybridized carbons (Fsp3) is 0.652. The molecule has 1 aromatic carbocycles. The maximum Gasteiger partial charge on any atom is 0.407 e. The quantitative estimate of drug-likeness (QED) is 0.335. The largest absolute Gasteiger partial charge is 0.454 e. The molecule has 178 valence electrons. The van der Waals surface area contributed by atoms with Crippen LogP contribution in [0.3, 0.4) is 0 Å². The molecule has 0 bridgehead atoms. The van der Waals surface area contributed by atoms with Crippen LogP contribution in [0.15, 0.2) is 23.2 Å². The number of carbonyl (C=O) groups is 1. The van der Waals surface area contributed by atoms with Gasteiger partial charge in [0, 0.05) is 38.3 Å². The zero-order chi connectivity index (χ0) is 23.0. The Morgan fingerprint density at radius 1 is 1.09 bits per heavy atom. The van der Waals surface area contributed by atoms with Gasteiger partial charge in [-0.15, -0.1) is 0 Å². The molecule has 9 nitrogen and oxygen atoms in total. The molecule has 0 aliphatic carbocycles.